The molecule has 0 N–H and O–H groups in total. The predicted molar refractivity (Wildman–Crippen MR) is 317 cm³/mol. The van der Waals surface area contributed by atoms with Crippen LogP contribution in [-0.2, 0) is 17.3 Å². The lowest BCUT2D eigenvalue weighted by molar-refractivity contribution is 0.195. The van der Waals surface area contributed by atoms with E-state index in [1.807, 2.05) is 0 Å². The van der Waals surface area contributed by atoms with Crippen molar-refractivity contribution in [3.8, 4) is 55.6 Å². The van der Waals surface area contributed by atoms with Crippen LogP contribution in [0.3, 0.4) is 0 Å². The van der Waals surface area contributed by atoms with Crippen LogP contribution in [0.25, 0.3) is 77.2 Å². The van der Waals surface area contributed by atoms with Crippen LogP contribution >= 0.6 is 0 Å². The quantitative estimate of drug-likeness (QED) is 0.164. The molecule has 0 aromatic heterocycles. The third kappa shape index (κ3) is 6.32. The standard InChI is InChI=1S/C73H64N2/c1-70-39-11-13-41-72(70,3)74(54-19-7-5-8-20-54)68-37-35-52(46-66(68)70)58-25-17-27-60-56(23-15-29-62(58)60)50-33-31-48-43-49-32-34-51(45-65(49)64(48)44-50)57-24-16-30-63-59(26-18-28-61(57)63)53-36-38-69-67(47-53)71(2)40-12-14-42-73(71,4)75(69)55-21-9-6-10-22-55/h5-10,15-38,44-47H,11-14,39-43H2,1-4H3. The largest absolute Gasteiger partial charge is 0.334 e. The topological polar surface area (TPSA) is 6.48 Å². The smallest absolute Gasteiger partial charge is 0.0517 e. The van der Waals surface area contributed by atoms with E-state index in [-0.39, 0.29) is 21.9 Å². The third-order valence-electron chi connectivity index (χ3n) is 20.2. The summed E-state index contributed by atoms with van der Waals surface area (Å²) in [6, 6.07) is 79.2. The van der Waals surface area contributed by atoms with Gasteiger partial charge < -0.3 is 9.80 Å². The van der Waals surface area contributed by atoms with Gasteiger partial charge in [0.15, 0.2) is 0 Å². The van der Waals surface area contributed by atoms with Crippen LogP contribution in [0.15, 0.2) is 206 Å². The minimum atomic E-state index is 0.0250. The Morgan fingerprint density at radius 2 is 0.653 bits per heavy atom. The maximum atomic E-state index is 2.68. The molecule has 2 saturated carbocycles. The van der Waals surface area contributed by atoms with E-state index >= 15 is 0 Å². The van der Waals surface area contributed by atoms with Gasteiger partial charge in [0.2, 0.25) is 0 Å². The molecular formula is C73H64N2. The van der Waals surface area contributed by atoms with Gasteiger partial charge in [0.25, 0.3) is 0 Å². The van der Waals surface area contributed by atoms with Crippen molar-refractivity contribution in [1.29, 1.82) is 0 Å². The lowest BCUT2D eigenvalue weighted by atomic mass is 9.61. The third-order valence-corrected chi connectivity index (χ3v) is 20.2. The highest BCUT2D eigenvalue weighted by molar-refractivity contribution is 6.07. The van der Waals surface area contributed by atoms with E-state index in [0.717, 1.165) is 6.42 Å². The fourth-order valence-electron chi connectivity index (χ4n) is 15.9. The molecule has 0 spiro atoms. The van der Waals surface area contributed by atoms with Crippen molar-refractivity contribution in [1.82, 2.24) is 0 Å². The highest BCUT2D eigenvalue weighted by Gasteiger charge is 2.59. The molecule has 0 amide bonds. The van der Waals surface area contributed by atoms with Crippen molar-refractivity contribution in [3.05, 3.63) is 229 Å². The van der Waals surface area contributed by atoms with Gasteiger partial charge in [-0.3, -0.25) is 0 Å². The maximum absolute atomic E-state index is 2.68. The van der Waals surface area contributed by atoms with E-state index < -0.39 is 0 Å². The first-order valence-corrected chi connectivity index (χ1v) is 28.0. The van der Waals surface area contributed by atoms with Crippen molar-refractivity contribution < 1.29 is 0 Å². The molecule has 10 aromatic carbocycles. The maximum Gasteiger partial charge on any atom is 0.0517 e. The summed E-state index contributed by atoms with van der Waals surface area (Å²) in [5.41, 5.74) is 24.4. The van der Waals surface area contributed by atoms with E-state index in [0.29, 0.717) is 0 Å². The van der Waals surface area contributed by atoms with Crippen LogP contribution in [0.2, 0.25) is 0 Å². The summed E-state index contributed by atoms with van der Waals surface area (Å²) >= 11 is 0. The monoisotopic (exact) mass is 969 g/mol. The predicted octanol–water partition coefficient (Wildman–Crippen LogP) is 19.7. The molecule has 5 aliphatic rings. The summed E-state index contributed by atoms with van der Waals surface area (Å²) in [6.07, 6.45) is 10.9. The average molecular weight is 969 g/mol. The van der Waals surface area contributed by atoms with Crippen LogP contribution in [0, 0.1) is 0 Å². The van der Waals surface area contributed by atoms with E-state index in [2.05, 4.69) is 244 Å². The van der Waals surface area contributed by atoms with Crippen molar-refractivity contribution in [3.63, 3.8) is 0 Å². The van der Waals surface area contributed by atoms with Gasteiger partial charge in [0.1, 0.15) is 0 Å². The number of nitrogens with zero attached hydrogens (tertiary/aromatic N) is 2. The highest BCUT2D eigenvalue weighted by Crippen LogP contribution is 2.63. The number of benzene rings is 10. The molecule has 0 bridgehead atoms. The molecule has 0 radical (unpaired) electrons. The molecule has 75 heavy (non-hydrogen) atoms. The second-order valence-electron chi connectivity index (χ2n) is 23.8. The molecule has 2 aliphatic heterocycles. The van der Waals surface area contributed by atoms with Crippen molar-refractivity contribution in [2.24, 2.45) is 0 Å². The Balaban J connectivity index is 0.783. The Labute approximate surface area is 443 Å². The Morgan fingerprint density at radius 1 is 0.307 bits per heavy atom. The Hall–Kier alpha value is -7.68. The normalized spacial score (nSPS) is 23.1. The van der Waals surface area contributed by atoms with Gasteiger partial charge in [-0.15, -0.1) is 0 Å². The molecule has 4 atom stereocenters. The first-order valence-electron chi connectivity index (χ1n) is 28.0. The average Bonchev–Trinajstić information content (AvgIpc) is 4.12. The Morgan fingerprint density at radius 3 is 1.04 bits per heavy atom. The van der Waals surface area contributed by atoms with E-state index in [9.17, 15) is 0 Å². The number of fused-ring (bicyclic) bond motifs is 11. The molecule has 3 aliphatic carbocycles. The number of anilines is 4. The van der Waals surface area contributed by atoms with E-state index in [4.69, 9.17) is 0 Å². The highest BCUT2D eigenvalue weighted by atomic mass is 15.3. The van der Waals surface area contributed by atoms with Crippen LogP contribution in [0.5, 0.6) is 0 Å². The molecule has 2 fully saturated rings. The summed E-state index contributed by atoms with van der Waals surface area (Å²) in [4.78, 5) is 5.36. The second kappa shape index (κ2) is 16.4. The summed E-state index contributed by atoms with van der Waals surface area (Å²) in [7, 11) is 0. The van der Waals surface area contributed by atoms with Crippen LogP contribution in [-0.4, -0.2) is 11.1 Å². The molecule has 2 nitrogen and oxygen atoms in total. The van der Waals surface area contributed by atoms with Gasteiger partial charge in [-0.2, -0.15) is 0 Å². The molecule has 0 saturated heterocycles. The number of hydrogen-bond donors (Lipinski definition) is 0. The molecule has 366 valence electrons. The molecular weight excluding hydrogens is 905 g/mol. The molecule has 2 heteroatoms. The number of para-hydroxylation sites is 2. The van der Waals surface area contributed by atoms with Crippen LogP contribution in [0.1, 0.15) is 101 Å². The number of rotatable bonds is 6. The van der Waals surface area contributed by atoms with Gasteiger partial charge in [-0.05, 0) is 206 Å². The summed E-state index contributed by atoms with van der Waals surface area (Å²) in [6.45, 7) is 10.1. The summed E-state index contributed by atoms with van der Waals surface area (Å²) in [5, 5.41) is 5.21. The molecule has 15 rings (SSSR count). The molecule has 2 heterocycles. The fraction of sp³-hybridized carbons (Fsp3) is 0.233. The fourth-order valence-corrected chi connectivity index (χ4v) is 15.9. The van der Waals surface area contributed by atoms with E-state index in [1.165, 1.54) is 174 Å². The minimum Gasteiger partial charge on any atom is -0.334 e. The molecule has 4 unspecified atom stereocenters. The Bertz CT molecular complexity index is 3710. The van der Waals surface area contributed by atoms with Crippen LogP contribution in [0.4, 0.5) is 22.7 Å². The first kappa shape index (κ1) is 44.8. The summed E-state index contributed by atoms with van der Waals surface area (Å²) in [5.74, 6) is 0. The van der Waals surface area contributed by atoms with Gasteiger partial charge in [-0.25, -0.2) is 0 Å². The van der Waals surface area contributed by atoms with Gasteiger partial charge >= 0.3 is 0 Å². The molecule has 10 aromatic rings. The zero-order valence-corrected chi connectivity index (χ0v) is 43.9. The zero-order valence-electron chi connectivity index (χ0n) is 43.9. The SMILES string of the molecule is CC12CCCCC1(C)N(c1ccccc1)c1ccc(-c3cccc4c(-c5ccc6c(c5)-c5cc(-c7cccc8c(-c9ccc%10c(c9)C9(C)CCCCC9(C)N%10c9ccccc9)cccc78)ccc5C6)cccc34)cc12. The zero-order chi connectivity index (χ0) is 50.3. The van der Waals surface area contributed by atoms with Crippen molar-refractivity contribution in [2.75, 3.05) is 9.80 Å². The van der Waals surface area contributed by atoms with Gasteiger partial charge in [-0.1, -0.05) is 185 Å². The minimum absolute atomic E-state index is 0.0250. The van der Waals surface area contributed by atoms with Crippen molar-refractivity contribution in [2.45, 2.75) is 107 Å². The first-order chi connectivity index (χ1) is 36.6. The van der Waals surface area contributed by atoms with Crippen LogP contribution < -0.4 is 9.80 Å². The second-order valence-corrected chi connectivity index (χ2v) is 23.8. The summed E-state index contributed by atoms with van der Waals surface area (Å²) < 4.78 is 0. The van der Waals surface area contributed by atoms with Crippen molar-refractivity contribution >= 4 is 44.3 Å². The number of hydrogen-bond acceptors (Lipinski definition) is 2. The van der Waals surface area contributed by atoms with Gasteiger partial charge in [0.05, 0.1) is 11.1 Å². The van der Waals surface area contributed by atoms with E-state index in [1.54, 1.807) is 0 Å². The Kier molecular flexibility index (Phi) is 9.80. The van der Waals surface area contributed by atoms with Gasteiger partial charge in [0, 0.05) is 33.6 Å². The lowest BCUT2D eigenvalue weighted by Crippen LogP contribution is -2.54. The lowest BCUT2D eigenvalue weighted by Gasteiger charge is -2.50.